The van der Waals surface area contributed by atoms with E-state index in [2.05, 4.69) is 26.4 Å². The molecule has 0 aliphatic carbocycles. The fourth-order valence-electron chi connectivity index (χ4n) is 2.29. The summed E-state index contributed by atoms with van der Waals surface area (Å²) in [6.45, 7) is -2.72. The van der Waals surface area contributed by atoms with Gasteiger partial charge in [-0.15, -0.1) is 0 Å². The lowest BCUT2D eigenvalue weighted by Crippen LogP contribution is -2.44. The van der Waals surface area contributed by atoms with Crippen molar-refractivity contribution < 1.29 is 18.0 Å². The zero-order chi connectivity index (χ0) is 20.1. The smallest absolute Gasteiger partial charge is 0.315 e. The molecule has 28 heavy (non-hydrogen) atoms. The van der Waals surface area contributed by atoms with Gasteiger partial charge < -0.3 is 5.32 Å². The van der Waals surface area contributed by atoms with Crippen LogP contribution in [0, 0.1) is 5.82 Å². The first-order valence-corrected chi connectivity index (χ1v) is 8.30. The van der Waals surface area contributed by atoms with Crippen molar-refractivity contribution in [2.45, 2.75) is 13.1 Å². The topological polar surface area (TPSA) is 88.8 Å². The molecule has 1 amide bonds. The van der Waals surface area contributed by atoms with Crippen molar-refractivity contribution in [3.63, 3.8) is 0 Å². The zero-order valence-corrected chi connectivity index (χ0v) is 15.0. The van der Waals surface area contributed by atoms with E-state index in [-0.39, 0.29) is 27.9 Å². The van der Waals surface area contributed by atoms with E-state index in [1.54, 1.807) is 30.5 Å². The number of amides is 1. The van der Waals surface area contributed by atoms with E-state index in [1.807, 2.05) is 0 Å². The van der Waals surface area contributed by atoms with Gasteiger partial charge >= 0.3 is 6.55 Å². The number of nitrogens with zero attached hydrogens (tertiary/aromatic N) is 4. The number of aromatic nitrogens is 4. The van der Waals surface area contributed by atoms with Gasteiger partial charge in [-0.1, -0.05) is 18.2 Å². The van der Waals surface area contributed by atoms with Gasteiger partial charge in [0.25, 0.3) is 5.91 Å². The molecule has 0 spiro atoms. The third kappa shape index (κ3) is 4.65. The maximum Gasteiger partial charge on any atom is 0.333 e. The predicted molar refractivity (Wildman–Crippen MR) is 98.0 cm³/mol. The number of halogens is 3. The minimum Gasteiger partial charge on any atom is -0.315 e. The first kappa shape index (κ1) is 19.4. The highest BCUT2D eigenvalue weighted by Crippen LogP contribution is 2.12. The molecule has 12 heteroatoms. The zero-order valence-electron chi connectivity index (χ0n) is 14.1. The lowest BCUT2D eigenvalue weighted by atomic mass is 10.2. The first-order valence-electron chi connectivity index (χ1n) is 7.90. The minimum atomic E-state index is -2.95. The Labute approximate surface area is 162 Å². The average Bonchev–Trinajstić information content (AvgIpc) is 3.31. The number of carbonyl (C=O) groups is 1. The second-order valence-electron chi connectivity index (χ2n) is 5.46. The van der Waals surface area contributed by atoms with Crippen molar-refractivity contribution in [1.29, 1.82) is 0 Å². The molecule has 8 nitrogen and oxygen atoms in total. The van der Waals surface area contributed by atoms with Crippen LogP contribution in [0.3, 0.4) is 0 Å². The van der Waals surface area contributed by atoms with Crippen LogP contribution in [0.4, 0.5) is 19.0 Å². The number of hydrogen-bond donors (Lipinski definition) is 3. The Bertz CT molecular complexity index is 988. The van der Waals surface area contributed by atoms with E-state index in [4.69, 9.17) is 12.2 Å². The molecule has 0 radical (unpaired) electrons. The van der Waals surface area contributed by atoms with Crippen molar-refractivity contribution in [1.82, 2.24) is 30.4 Å². The van der Waals surface area contributed by atoms with E-state index in [0.29, 0.717) is 11.4 Å². The van der Waals surface area contributed by atoms with Crippen molar-refractivity contribution in [3.8, 4) is 0 Å². The van der Waals surface area contributed by atoms with Gasteiger partial charge in [0.15, 0.2) is 10.9 Å². The number of thiocarbonyl (C=S) groups is 1. The summed E-state index contributed by atoms with van der Waals surface area (Å²) in [7, 11) is 0. The molecule has 0 unspecified atom stereocenters. The Balaban J connectivity index is 1.53. The Morgan fingerprint density at radius 1 is 1.18 bits per heavy atom. The molecule has 0 aliphatic heterocycles. The van der Waals surface area contributed by atoms with Crippen LogP contribution in [0.2, 0.25) is 0 Å². The fourth-order valence-corrected chi connectivity index (χ4v) is 2.45. The SMILES string of the molecule is O=C(NNC(=S)Nc1ccn(Cc2ccccc2F)n1)c1ccnn1C(F)F. The highest BCUT2D eigenvalue weighted by atomic mass is 32.1. The number of rotatable bonds is 5. The van der Waals surface area contributed by atoms with E-state index in [0.717, 1.165) is 12.3 Å². The average molecular weight is 409 g/mol. The minimum absolute atomic E-state index is 0.0207. The van der Waals surface area contributed by atoms with Crippen LogP contribution in [0.15, 0.2) is 48.8 Å². The largest absolute Gasteiger partial charge is 0.333 e. The van der Waals surface area contributed by atoms with Crippen LogP contribution in [0.5, 0.6) is 0 Å². The number of carbonyl (C=O) groups excluding carboxylic acids is 1. The molecule has 0 bridgehead atoms. The maximum absolute atomic E-state index is 13.7. The molecule has 0 saturated carbocycles. The molecule has 2 aromatic heterocycles. The second kappa shape index (κ2) is 8.52. The monoisotopic (exact) mass is 409 g/mol. The molecule has 146 valence electrons. The maximum atomic E-state index is 13.7. The molecule has 1 aromatic carbocycles. The molecular formula is C16H14F3N7OS. The van der Waals surface area contributed by atoms with Crippen molar-refractivity contribution >= 4 is 29.1 Å². The number of benzene rings is 1. The van der Waals surface area contributed by atoms with Gasteiger partial charge in [0.05, 0.1) is 6.54 Å². The number of hydrazine groups is 1. The number of alkyl halides is 2. The fraction of sp³-hybridized carbons (Fsp3) is 0.125. The summed E-state index contributed by atoms with van der Waals surface area (Å²) >= 11 is 5.01. The van der Waals surface area contributed by atoms with Crippen molar-refractivity contribution in [2.24, 2.45) is 0 Å². The number of hydrogen-bond acceptors (Lipinski definition) is 4. The lowest BCUT2D eigenvalue weighted by molar-refractivity contribution is 0.0508. The van der Waals surface area contributed by atoms with E-state index < -0.39 is 12.5 Å². The molecule has 0 aliphatic rings. The first-order chi connectivity index (χ1) is 13.4. The summed E-state index contributed by atoms with van der Waals surface area (Å²) in [4.78, 5) is 11.9. The second-order valence-corrected chi connectivity index (χ2v) is 5.87. The van der Waals surface area contributed by atoms with Gasteiger partial charge in [0.2, 0.25) is 0 Å². The summed E-state index contributed by atoms with van der Waals surface area (Å²) in [6, 6.07) is 9.08. The van der Waals surface area contributed by atoms with Gasteiger partial charge in [-0.2, -0.15) is 23.7 Å². The quantitative estimate of drug-likeness (QED) is 0.443. The van der Waals surface area contributed by atoms with Gasteiger partial charge in [-0.3, -0.25) is 20.3 Å². The van der Waals surface area contributed by atoms with Crippen LogP contribution in [-0.2, 0) is 6.54 Å². The summed E-state index contributed by atoms with van der Waals surface area (Å²) in [5.74, 6) is -0.830. The highest BCUT2D eigenvalue weighted by Gasteiger charge is 2.17. The normalized spacial score (nSPS) is 10.7. The Morgan fingerprint density at radius 2 is 1.96 bits per heavy atom. The summed E-state index contributed by atoms with van der Waals surface area (Å²) in [6.07, 6.45) is 2.71. The third-order valence-electron chi connectivity index (χ3n) is 3.55. The molecule has 2 heterocycles. The van der Waals surface area contributed by atoms with Gasteiger partial charge in [0, 0.05) is 24.0 Å². The lowest BCUT2D eigenvalue weighted by Gasteiger charge is -2.11. The molecule has 3 aromatic rings. The summed E-state index contributed by atoms with van der Waals surface area (Å²) in [5.41, 5.74) is 4.70. The van der Waals surface area contributed by atoms with Gasteiger partial charge in [0.1, 0.15) is 11.5 Å². The molecule has 0 saturated heterocycles. The Hall–Kier alpha value is -3.41. The third-order valence-corrected chi connectivity index (χ3v) is 3.75. The molecule has 0 fully saturated rings. The van der Waals surface area contributed by atoms with E-state index in [1.165, 1.54) is 10.7 Å². The highest BCUT2D eigenvalue weighted by molar-refractivity contribution is 7.80. The molecule has 3 N–H and O–H groups in total. The molecular weight excluding hydrogens is 395 g/mol. The van der Waals surface area contributed by atoms with Crippen LogP contribution in [0.1, 0.15) is 22.6 Å². The van der Waals surface area contributed by atoms with E-state index >= 15 is 0 Å². The number of anilines is 1. The number of nitrogens with one attached hydrogen (secondary N) is 3. The molecule has 3 rings (SSSR count). The van der Waals surface area contributed by atoms with Crippen LogP contribution >= 0.6 is 12.2 Å². The molecule has 0 atom stereocenters. The van der Waals surface area contributed by atoms with Crippen LogP contribution in [0.25, 0.3) is 0 Å². The Kier molecular flexibility index (Phi) is 5.89. The van der Waals surface area contributed by atoms with Crippen molar-refractivity contribution in [3.05, 3.63) is 65.9 Å². The van der Waals surface area contributed by atoms with E-state index in [9.17, 15) is 18.0 Å². The summed E-state index contributed by atoms with van der Waals surface area (Å²) < 4.78 is 40.9. The van der Waals surface area contributed by atoms with Crippen LogP contribution < -0.4 is 16.2 Å². The van der Waals surface area contributed by atoms with Gasteiger partial charge in [-0.05, 0) is 24.4 Å². The standard InChI is InChI=1S/C16H14F3N7OS/c17-11-4-2-1-3-10(11)9-25-8-6-13(24-25)21-16(28)23-22-14(27)12-5-7-20-26(12)15(18)19/h1-8,15H,9H2,(H,22,27)(H2,21,23,24,28). The summed E-state index contributed by atoms with van der Waals surface area (Å²) in [5, 5.41) is 10.2. The predicted octanol–water partition coefficient (Wildman–Crippen LogP) is 2.29. The van der Waals surface area contributed by atoms with Gasteiger partial charge in [-0.25, -0.2) is 4.39 Å². The van der Waals surface area contributed by atoms with Crippen LogP contribution in [-0.4, -0.2) is 30.6 Å². The van der Waals surface area contributed by atoms with Crippen molar-refractivity contribution in [2.75, 3.05) is 5.32 Å². The Morgan fingerprint density at radius 3 is 2.71 bits per heavy atom.